The van der Waals surface area contributed by atoms with Gasteiger partial charge in [-0.05, 0) is 59.3 Å². The molecule has 0 radical (unpaired) electrons. The van der Waals surface area contributed by atoms with Gasteiger partial charge in [-0.2, -0.15) is 0 Å². The topological polar surface area (TPSA) is 78.4 Å². The Morgan fingerprint density at radius 2 is 1.90 bits per heavy atom. The third-order valence-electron chi connectivity index (χ3n) is 2.98. The van der Waals surface area contributed by atoms with Gasteiger partial charge in [0.05, 0.1) is 5.69 Å². The van der Waals surface area contributed by atoms with Crippen molar-refractivity contribution >= 4 is 33.6 Å². The fraction of sp³-hybridized carbons (Fsp3) is 0.467. The highest BCUT2D eigenvalue weighted by Gasteiger charge is 2.21. The van der Waals surface area contributed by atoms with Crippen molar-refractivity contribution in [2.45, 2.75) is 40.2 Å². The molecule has 1 unspecified atom stereocenters. The number of carbonyl (C=O) groups excluding carboxylic acids is 1. The second kappa shape index (κ2) is 7.45. The first kappa shape index (κ1) is 17.5. The number of hydrogen-bond donors (Lipinski definition) is 3. The SMILES string of the molecule is Cc1cc(C)c(NC(=O)NC(CC(C)C)C(=O)O)c(Br)c1. The minimum absolute atomic E-state index is 0.180. The summed E-state index contributed by atoms with van der Waals surface area (Å²) in [5.41, 5.74) is 2.63. The van der Waals surface area contributed by atoms with Crippen LogP contribution >= 0.6 is 15.9 Å². The van der Waals surface area contributed by atoms with Gasteiger partial charge in [-0.3, -0.25) is 0 Å². The van der Waals surface area contributed by atoms with E-state index in [0.29, 0.717) is 12.1 Å². The molecule has 0 aliphatic carbocycles. The Kier molecular flexibility index (Phi) is 6.20. The standard InChI is InChI=1S/C15H21BrN2O3/c1-8(2)5-12(14(19)20)17-15(21)18-13-10(4)6-9(3)7-11(13)16/h6-8,12H,5H2,1-4H3,(H,19,20)(H2,17,18,21). The van der Waals surface area contributed by atoms with Crippen LogP contribution in [0.4, 0.5) is 10.5 Å². The van der Waals surface area contributed by atoms with Crippen LogP contribution in [0.2, 0.25) is 0 Å². The molecule has 21 heavy (non-hydrogen) atoms. The quantitative estimate of drug-likeness (QED) is 0.752. The molecule has 0 aromatic heterocycles. The molecule has 0 bridgehead atoms. The van der Waals surface area contributed by atoms with Crippen molar-refractivity contribution < 1.29 is 14.7 Å². The van der Waals surface area contributed by atoms with Crippen LogP contribution in [0.1, 0.15) is 31.4 Å². The summed E-state index contributed by atoms with van der Waals surface area (Å²) in [5.74, 6) is -0.849. The summed E-state index contributed by atoms with van der Waals surface area (Å²) in [6, 6.07) is 2.43. The number of carboxylic acid groups (broad SMARTS) is 1. The average molecular weight is 357 g/mol. The van der Waals surface area contributed by atoms with Crippen LogP contribution < -0.4 is 10.6 Å². The Bertz CT molecular complexity index is 521. The highest BCUT2D eigenvalue weighted by molar-refractivity contribution is 9.10. The molecule has 0 fully saturated rings. The first-order valence-corrected chi connectivity index (χ1v) is 7.57. The van der Waals surface area contributed by atoms with E-state index in [9.17, 15) is 9.59 Å². The fourth-order valence-corrected chi connectivity index (χ4v) is 2.85. The first-order chi connectivity index (χ1) is 9.70. The molecule has 0 saturated heterocycles. The van der Waals surface area contributed by atoms with E-state index in [1.54, 1.807) is 0 Å². The van der Waals surface area contributed by atoms with Gasteiger partial charge in [-0.25, -0.2) is 9.59 Å². The van der Waals surface area contributed by atoms with Crippen molar-refractivity contribution in [1.29, 1.82) is 0 Å². The average Bonchev–Trinajstić information content (AvgIpc) is 2.32. The van der Waals surface area contributed by atoms with Crippen molar-refractivity contribution in [3.05, 3.63) is 27.7 Å². The van der Waals surface area contributed by atoms with Crippen LogP contribution in [0.3, 0.4) is 0 Å². The number of hydrogen-bond acceptors (Lipinski definition) is 2. The van der Waals surface area contributed by atoms with E-state index in [1.807, 2.05) is 39.8 Å². The summed E-state index contributed by atoms with van der Waals surface area (Å²) in [5, 5.41) is 14.3. The van der Waals surface area contributed by atoms with Gasteiger partial charge in [-0.1, -0.05) is 19.9 Å². The molecule has 3 N–H and O–H groups in total. The van der Waals surface area contributed by atoms with Gasteiger partial charge in [-0.15, -0.1) is 0 Å². The number of nitrogens with one attached hydrogen (secondary N) is 2. The number of carboxylic acids is 1. The van der Waals surface area contributed by atoms with Gasteiger partial charge in [0.25, 0.3) is 0 Å². The van der Waals surface area contributed by atoms with Crippen molar-refractivity contribution in [3.8, 4) is 0 Å². The Morgan fingerprint density at radius 1 is 1.29 bits per heavy atom. The van der Waals surface area contributed by atoms with E-state index in [4.69, 9.17) is 5.11 Å². The number of amides is 2. The monoisotopic (exact) mass is 356 g/mol. The van der Waals surface area contributed by atoms with E-state index < -0.39 is 18.0 Å². The molecule has 0 aliphatic rings. The zero-order chi connectivity index (χ0) is 16.2. The van der Waals surface area contributed by atoms with Crippen molar-refractivity contribution in [2.75, 3.05) is 5.32 Å². The fourth-order valence-electron chi connectivity index (χ4n) is 2.07. The largest absolute Gasteiger partial charge is 0.480 e. The molecule has 0 aliphatic heterocycles. The maximum atomic E-state index is 12.0. The molecular formula is C15H21BrN2O3. The van der Waals surface area contributed by atoms with E-state index in [0.717, 1.165) is 15.6 Å². The van der Waals surface area contributed by atoms with Gasteiger partial charge in [0.15, 0.2) is 0 Å². The summed E-state index contributed by atoms with van der Waals surface area (Å²) in [6.45, 7) is 7.67. The van der Waals surface area contributed by atoms with E-state index in [-0.39, 0.29) is 5.92 Å². The van der Waals surface area contributed by atoms with E-state index in [1.165, 1.54) is 0 Å². The molecule has 2 amide bonds. The summed E-state index contributed by atoms with van der Waals surface area (Å²) < 4.78 is 0.769. The molecule has 116 valence electrons. The molecule has 1 aromatic rings. The summed E-state index contributed by atoms with van der Waals surface area (Å²) in [7, 11) is 0. The summed E-state index contributed by atoms with van der Waals surface area (Å²) in [6.07, 6.45) is 0.386. The maximum Gasteiger partial charge on any atom is 0.326 e. The van der Waals surface area contributed by atoms with Crippen molar-refractivity contribution in [3.63, 3.8) is 0 Å². The predicted molar refractivity (Wildman–Crippen MR) is 86.6 cm³/mol. The second-order valence-electron chi connectivity index (χ2n) is 5.56. The smallest absolute Gasteiger partial charge is 0.326 e. The Labute approximate surface area is 133 Å². The van der Waals surface area contributed by atoms with Crippen LogP contribution in [-0.4, -0.2) is 23.1 Å². The van der Waals surface area contributed by atoms with Crippen LogP contribution in [0, 0.1) is 19.8 Å². The lowest BCUT2D eigenvalue weighted by Gasteiger charge is -2.18. The molecule has 0 heterocycles. The number of halogens is 1. The van der Waals surface area contributed by atoms with Crippen LogP contribution in [0.5, 0.6) is 0 Å². The number of rotatable bonds is 5. The summed E-state index contributed by atoms with van der Waals surface area (Å²) >= 11 is 3.40. The molecule has 0 spiro atoms. The van der Waals surface area contributed by atoms with Crippen LogP contribution in [-0.2, 0) is 4.79 Å². The third-order valence-corrected chi connectivity index (χ3v) is 3.61. The van der Waals surface area contributed by atoms with Crippen molar-refractivity contribution in [2.24, 2.45) is 5.92 Å². The highest BCUT2D eigenvalue weighted by atomic mass is 79.9. The lowest BCUT2D eigenvalue weighted by molar-refractivity contribution is -0.139. The Morgan fingerprint density at radius 3 is 2.38 bits per heavy atom. The highest BCUT2D eigenvalue weighted by Crippen LogP contribution is 2.27. The lowest BCUT2D eigenvalue weighted by atomic mass is 10.0. The van der Waals surface area contributed by atoms with E-state index in [2.05, 4.69) is 26.6 Å². The molecular weight excluding hydrogens is 336 g/mol. The van der Waals surface area contributed by atoms with Gasteiger partial charge >= 0.3 is 12.0 Å². The number of aryl methyl sites for hydroxylation is 2. The second-order valence-corrected chi connectivity index (χ2v) is 6.41. The van der Waals surface area contributed by atoms with Gasteiger partial charge < -0.3 is 15.7 Å². The number of aliphatic carboxylic acids is 1. The predicted octanol–water partition coefficient (Wildman–Crippen LogP) is 3.69. The molecule has 1 aromatic carbocycles. The molecule has 6 heteroatoms. The normalized spacial score (nSPS) is 12.1. The Balaban J connectivity index is 2.79. The van der Waals surface area contributed by atoms with Crippen molar-refractivity contribution in [1.82, 2.24) is 5.32 Å². The minimum Gasteiger partial charge on any atom is -0.480 e. The maximum absolute atomic E-state index is 12.0. The van der Waals surface area contributed by atoms with Crippen LogP contribution in [0.25, 0.3) is 0 Å². The molecule has 5 nitrogen and oxygen atoms in total. The molecule has 1 atom stereocenters. The number of carbonyl (C=O) groups is 2. The summed E-state index contributed by atoms with van der Waals surface area (Å²) in [4.78, 5) is 23.1. The number of urea groups is 1. The van der Waals surface area contributed by atoms with Gasteiger partial charge in [0.2, 0.25) is 0 Å². The first-order valence-electron chi connectivity index (χ1n) is 6.77. The molecule has 0 saturated carbocycles. The lowest BCUT2D eigenvalue weighted by Crippen LogP contribution is -2.43. The Hall–Kier alpha value is -1.56. The minimum atomic E-state index is -1.03. The third kappa shape index (κ3) is 5.38. The van der Waals surface area contributed by atoms with Gasteiger partial charge in [0, 0.05) is 4.47 Å². The zero-order valence-electron chi connectivity index (χ0n) is 12.7. The molecule has 1 rings (SSSR count). The zero-order valence-corrected chi connectivity index (χ0v) is 14.2. The number of benzene rings is 1. The van der Waals surface area contributed by atoms with Gasteiger partial charge in [0.1, 0.15) is 6.04 Å². The number of anilines is 1. The van der Waals surface area contributed by atoms with E-state index >= 15 is 0 Å². The van der Waals surface area contributed by atoms with Crippen LogP contribution in [0.15, 0.2) is 16.6 Å².